The number of hydrogen-bond donors (Lipinski definition) is 1. The molecule has 0 bridgehead atoms. The standard InChI is InChI=1S/C14H16ClFN2O2/c1-18(8-9-10(15)4-2-5-11(9)16)13(20)14(12(17)19)6-3-7-14/h2,4-5H,3,6-8H2,1H3,(H2,17,19). The highest BCUT2D eigenvalue weighted by Gasteiger charge is 2.50. The van der Waals surface area contributed by atoms with E-state index >= 15 is 0 Å². The van der Waals surface area contributed by atoms with Crippen LogP contribution in [0.4, 0.5) is 4.39 Å². The fourth-order valence-electron chi connectivity index (χ4n) is 2.45. The van der Waals surface area contributed by atoms with Gasteiger partial charge in [-0.25, -0.2) is 4.39 Å². The lowest BCUT2D eigenvalue weighted by Crippen LogP contribution is -2.54. The van der Waals surface area contributed by atoms with Crippen LogP contribution in [0.15, 0.2) is 18.2 Å². The third-order valence-electron chi connectivity index (χ3n) is 3.89. The van der Waals surface area contributed by atoms with E-state index in [0.29, 0.717) is 12.8 Å². The molecule has 1 fully saturated rings. The SMILES string of the molecule is CN(Cc1c(F)cccc1Cl)C(=O)C1(C(N)=O)CCC1. The van der Waals surface area contributed by atoms with Crippen LogP contribution in [0.25, 0.3) is 0 Å². The van der Waals surface area contributed by atoms with Crippen molar-refractivity contribution < 1.29 is 14.0 Å². The molecule has 0 aliphatic heterocycles. The summed E-state index contributed by atoms with van der Waals surface area (Å²) in [7, 11) is 1.52. The highest BCUT2D eigenvalue weighted by atomic mass is 35.5. The number of carbonyl (C=O) groups is 2. The van der Waals surface area contributed by atoms with Gasteiger partial charge in [-0.3, -0.25) is 9.59 Å². The maximum absolute atomic E-state index is 13.7. The first kappa shape index (κ1) is 14.8. The minimum absolute atomic E-state index is 0.0133. The molecule has 0 heterocycles. The van der Waals surface area contributed by atoms with Gasteiger partial charge in [0.25, 0.3) is 0 Å². The summed E-state index contributed by atoms with van der Waals surface area (Å²) in [6.07, 6.45) is 1.70. The molecule has 108 valence electrons. The van der Waals surface area contributed by atoms with Gasteiger partial charge in [-0.1, -0.05) is 24.1 Å². The van der Waals surface area contributed by atoms with Crippen LogP contribution >= 0.6 is 11.6 Å². The molecule has 20 heavy (non-hydrogen) atoms. The summed E-state index contributed by atoms with van der Waals surface area (Å²) in [6.45, 7) is 0.0133. The molecule has 0 spiro atoms. The van der Waals surface area contributed by atoms with Crippen LogP contribution in [-0.4, -0.2) is 23.8 Å². The average Bonchev–Trinajstić information content (AvgIpc) is 2.31. The molecule has 0 saturated heterocycles. The molecule has 1 aliphatic rings. The van der Waals surface area contributed by atoms with Crippen LogP contribution in [0.2, 0.25) is 5.02 Å². The first-order valence-electron chi connectivity index (χ1n) is 6.37. The number of carbonyl (C=O) groups excluding carboxylic acids is 2. The van der Waals surface area contributed by atoms with Crippen molar-refractivity contribution in [2.45, 2.75) is 25.8 Å². The van der Waals surface area contributed by atoms with E-state index in [4.69, 9.17) is 17.3 Å². The molecule has 2 N–H and O–H groups in total. The Morgan fingerprint density at radius 3 is 2.55 bits per heavy atom. The lowest BCUT2D eigenvalue weighted by atomic mass is 9.67. The van der Waals surface area contributed by atoms with Crippen LogP contribution in [0.3, 0.4) is 0 Å². The number of benzene rings is 1. The van der Waals surface area contributed by atoms with Gasteiger partial charge in [0.2, 0.25) is 11.8 Å². The zero-order valence-corrected chi connectivity index (χ0v) is 11.9. The average molecular weight is 299 g/mol. The van der Waals surface area contributed by atoms with Crippen molar-refractivity contribution in [2.24, 2.45) is 11.1 Å². The van der Waals surface area contributed by atoms with E-state index in [0.717, 1.165) is 6.42 Å². The van der Waals surface area contributed by atoms with Gasteiger partial charge in [-0.2, -0.15) is 0 Å². The molecule has 1 aromatic rings. The first-order valence-corrected chi connectivity index (χ1v) is 6.74. The van der Waals surface area contributed by atoms with Crippen molar-refractivity contribution in [3.8, 4) is 0 Å². The van der Waals surface area contributed by atoms with Gasteiger partial charge >= 0.3 is 0 Å². The van der Waals surface area contributed by atoms with Crippen molar-refractivity contribution in [1.29, 1.82) is 0 Å². The number of rotatable bonds is 4. The number of amides is 2. The molecule has 0 radical (unpaired) electrons. The molecule has 2 amide bonds. The maximum Gasteiger partial charge on any atom is 0.238 e. The number of nitrogens with zero attached hydrogens (tertiary/aromatic N) is 1. The summed E-state index contributed by atoms with van der Waals surface area (Å²) in [5.41, 5.74) is 4.46. The van der Waals surface area contributed by atoms with Crippen LogP contribution < -0.4 is 5.73 Å². The Labute approximate surface area is 121 Å². The Kier molecular flexibility index (Phi) is 3.99. The van der Waals surface area contributed by atoms with Crippen molar-refractivity contribution >= 4 is 23.4 Å². The number of hydrogen-bond acceptors (Lipinski definition) is 2. The van der Waals surface area contributed by atoms with E-state index in [1.807, 2.05) is 0 Å². The van der Waals surface area contributed by atoms with Crippen LogP contribution in [-0.2, 0) is 16.1 Å². The van der Waals surface area contributed by atoms with E-state index < -0.39 is 17.1 Å². The topological polar surface area (TPSA) is 63.4 Å². The molecule has 1 aromatic carbocycles. The smallest absolute Gasteiger partial charge is 0.238 e. The van der Waals surface area contributed by atoms with Gasteiger partial charge < -0.3 is 10.6 Å². The quantitative estimate of drug-likeness (QED) is 0.865. The fraction of sp³-hybridized carbons (Fsp3) is 0.429. The van der Waals surface area contributed by atoms with E-state index in [1.165, 1.54) is 24.1 Å². The second-order valence-electron chi connectivity index (χ2n) is 5.16. The summed E-state index contributed by atoms with van der Waals surface area (Å²) in [5, 5.41) is 0.256. The highest BCUT2D eigenvalue weighted by molar-refractivity contribution is 6.31. The molecular formula is C14H16ClFN2O2. The molecule has 1 aliphatic carbocycles. The third-order valence-corrected chi connectivity index (χ3v) is 4.25. The van der Waals surface area contributed by atoms with Crippen molar-refractivity contribution in [3.05, 3.63) is 34.6 Å². The Bertz CT molecular complexity index is 538. The zero-order chi connectivity index (χ0) is 14.9. The Morgan fingerprint density at radius 1 is 1.45 bits per heavy atom. The molecule has 6 heteroatoms. The van der Waals surface area contributed by atoms with Gasteiger partial charge in [0, 0.05) is 24.2 Å². The lowest BCUT2D eigenvalue weighted by molar-refractivity contribution is -0.154. The molecule has 0 atom stereocenters. The third kappa shape index (κ3) is 2.38. The van der Waals surface area contributed by atoms with Gasteiger partial charge in [0.05, 0.1) is 0 Å². The highest BCUT2D eigenvalue weighted by Crippen LogP contribution is 2.42. The molecular weight excluding hydrogens is 283 g/mol. The lowest BCUT2D eigenvalue weighted by Gasteiger charge is -2.39. The summed E-state index contributed by atoms with van der Waals surface area (Å²) >= 11 is 5.93. The van der Waals surface area contributed by atoms with Gasteiger partial charge in [-0.05, 0) is 25.0 Å². The van der Waals surface area contributed by atoms with E-state index in [9.17, 15) is 14.0 Å². The molecule has 1 saturated carbocycles. The van der Waals surface area contributed by atoms with Gasteiger partial charge in [0.1, 0.15) is 11.2 Å². The van der Waals surface area contributed by atoms with Crippen LogP contribution in [0.5, 0.6) is 0 Å². The van der Waals surface area contributed by atoms with Crippen molar-refractivity contribution in [2.75, 3.05) is 7.05 Å². The van der Waals surface area contributed by atoms with Gasteiger partial charge in [-0.15, -0.1) is 0 Å². The second kappa shape index (κ2) is 5.40. The summed E-state index contributed by atoms with van der Waals surface area (Å²) in [5.74, 6) is -1.45. The summed E-state index contributed by atoms with van der Waals surface area (Å²) in [4.78, 5) is 25.2. The summed E-state index contributed by atoms with van der Waals surface area (Å²) in [6, 6.07) is 4.35. The zero-order valence-electron chi connectivity index (χ0n) is 11.2. The van der Waals surface area contributed by atoms with E-state index in [1.54, 1.807) is 6.07 Å². The molecule has 4 nitrogen and oxygen atoms in total. The van der Waals surface area contributed by atoms with E-state index in [-0.39, 0.29) is 23.0 Å². The van der Waals surface area contributed by atoms with Crippen LogP contribution in [0, 0.1) is 11.2 Å². The van der Waals surface area contributed by atoms with Crippen LogP contribution in [0.1, 0.15) is 24.8 Å². The molecule has 0 unspecified atom stereocenters. The predicted octanol–water partition coefficient (Wildman–Crippen LogP) is 2.09. The van der Waals surface area contributed by atoms with Crippen molar-refractivity contribution in [3.63, 3.8) is 0 Å². The normalized spacial score (nSPS) is 16.4. The number of nitrogens with two attached hydrogens (primary N) is 1. The monoisotopic (exact) mass is 298 g/mol. The van der Waals surface area contributed by atoms with Crippen molar-refractivity contribution in [1.82, 2.24) is 4.90 Å². The second-order valence-corrected chi connectivity index (χ2v) is 5.57. The molecule has 2 rings (SSSR count). The predicted molar refractivity (Wildman–Crippen MR) is 73.4 cm³/mol. The maximum atomic E-state index is 13.7. The van der Waals surface area contributed by atoms with E-state index in [2.05, 4.69) is 0 Å². The Morgan fingerprint density at radius 2 is 2.10 bits per heavy atom. The Hall–Kier alpha value is -1.62. The minimum Gasteiger partial charge on any atom is -0.369 e. The number of primary amides is 1. The number of halogens is 2. The minimum atomic E-state index is -1.12. The summed E-state index contributed by atoms with van der Waals surface area (Å²) < 4.78 is 13.7. The fourth-order valence-corrected chi connectivity index (χ4v) is 2.68. The largest absolute Gasteiger partial charge is 0.369 e. The Balaban J connectivity index is 2.18. The van der Waals surface area contributed by atoms with Gasteiger partial charge in [0.15, 0.2) is 0 Å². The molecule has 0 aromatic heterocycles. The first-order chi connectivity index (χ1) is 9.38.